The van der Waals surface area contributed by atoms with Crippen LogP contribution >= 0.6 is 11.6 Å². The van der Waals surface area contributed by atoms with E-state index in [0.717, 1.165) is 5.92 Å². The first-order valence-corrected chi connectivity index (χ1v) is 5.71. The molecule has 1 aromatic carbocycles. The molecule has 2 rings (SSSR count). The summed E-state index contributed by atoms with van der Waals surface area (Å²) in [6.45, 7) is 2.76. The summed E-state index contributed by atoms with van der Waals surface area (Å²) in [5, 5.41) is 3.83. The first kappa shape index (κ1) is 10.9. The van der Waals surface area contributed by atoms with E-state index in [1.165, 1.54) is 18.9 Å². The standard InChI is InChI=1S/C12H15ClFN/c1-8-5-9(6-8)15-7-10-11(13)3-2-4-12(10)14/h2-4,8-9,15H,5-7H2,1H3. The molecule has 0 amide bonds. The van der Waals surface area contributed by atoms with Gasteiger partial charge >= 0.3 is 0 Å². The largest absolute Gasteiger partial charge is 0.310 e. The van der Waals surface area contributed by atoms with Crippen LogP contribution < -0.4 is 5.32 Å². The van der Waals surface area contributed by atoms with Gasteiger partial charge in [-0.3, -0.25) is 0 Å². The van der Waals surface area contributed by atoms with Crippen LogP contribution in [0.1, 0.15) is 25.3 Å². The van der Waals surface area contributed by atoms with Crippen LogP contribution in [-0.4, -0.2) is 6.04 Å². The molecule has 0 saturated heterocycles. The zero-order valence-corrected chi connectivity index (χ0v) is 9.52. The summed E-state index contributed by atoms with van der Waals surface area (Å²) >= 11 is 5.92. The van der Waals surface area contributed by atoms with Crippen LogP contribution in [0.25, 0.3) is 0 Å². The lowest BCUT2D eigenvalue weighted by atomic mass is 9.82. The third-order valence-corrected chi connectivity index (χ3v) is 3.36. The first-order valence-electron chi connectivity index (χ1n) is 5.33. The van der Waals surface area contributed by atoms with Crippen LogP contribution in [0.2, 0.25) is 5.02 Å². The van der Waals surface area contributed by atoms with Gasteiger partial charge in [0.2, 0.25) is 0 Å². The van der Waals surface area contributed by atoms with Crippen molar-refractivity contribution in [2.45, 2.75) is 32.4 Å². The highest BCUT2D eigenvalue weighted by Crippen LogP contribution is 2.27. The molecule has 0 bridgehead atoms. The zero-order valence-electron chi connectivity index (χ0n) is 8.76. The molecule has 0 atom stereocenters. The Kier molecular flexibility index (Phi) is 3.27. The molecule has 1 aliphatic rings. The Bertz CT molecular complexity index is 327. The maximum atomic E-state index is 13.4. The van der Waals surface area contributed by atoms with Crippen molar-refractivity contribution in [1.82, 2.24) is 5.32 Å². The Balaban J connectivity index is 1.93. The lowest BCUT2D eigenvalue weighted by Gasteiger charge is -2.33. The van der Waals surface area contributed by atoms with Crippen molar-refractivity contribution < 1.29 is 4.39 Å². The molecule has 0 heterocycles. The Morgan fingerprint density at radius 2 is 2.20 bits per heavy atom. The van der Waals surface area contributed by atoms with Gasteiger partial charge in [0.1, 0.15) is 5.82 Å². The maximum absolute atomic E-state index is 13.4. The molecule has 1 saturated carbocycles. The monoisotopic (exact) mass is 227 g/mol. The fourth-order valence-corrected chi connectivity index (χ4v) is 2.25. The van der Waals surface area contributed by atoms with Crippen LogP contribution in [0.4, 0.5) is 4.39 Å². The minimum atomic E-state index is -0.220. The van der Waals surface area contributed by atoms with E-state index in [0.29, 0.717) is 23.2 Å². The second-order valence-electron chi connectivity index (χ2n) is 4.35. The topological polar surface area (TPSA) is 12.0 Å². The van der Waals surface area contributed by atoms with Crippen LogP contribution in [0.5, 0.6) is 0 Å². The van der Waals surface area contributed by atoms with Gasteiger partial charge in [0.15, 0.2) is 0 Å². The van der Waals surface area contributed by atoms with E-state index in [-0.39, 0.29) is 5.82 Å². The third-order valence-electron chi connectivity index (χ3n) is 3.00. The summed E-state index contributed by atoms with van der Waals surface area (Å²) < 4.78 is 13.4. The maximum Gasteiger partial charge on any atom is 0.129 e. The molecule has 0 radical (unpaired) electrons. The number of hydrogen-bond acceptors (Lipinski definition) is 1. The molecule has 1 aliphatic carbocycles. The molecule has 82 valence electrons. The van der Waals surface area contributed by atoms with E-state index in [9.17, 15) is 4.39 Å². The molecule has 1 fully saturated rings. The number of halogens is 2. The van der Waals surface area contributed by atoms with Crippen LogP contribution in [0, 0.1) is 11.7 Å². The zero-order chi connectivity index (χ0) is 10.8. The van der Waals surface area contributed by atoms with Crippen LogP contribution in [-0.2, 0) is 6.54 Å². The molecule has 1 aromatic rings. The van der Waals surface area contributed by atoms with Crippen molar-refractivity contribution in [2.75, 3.05) is 0 Å². The number of benzene rings is 1. The van der Waals surface area contributed by atoms with E-state index in [4.69, 9.17) is 11.6 Å². The van der Waals surface area contributed by atoms with E-state index in [1.54, 1.807) is 12.1 Å². The van der Waals surface area contributed by atoms with Gasteiger partial charge < -0.3 is 5.32 Å². The predicted octanol–water partition coefficient (Wildman–Crippen LogP) is 3.37. The lowest BCUT2D eigenvalue weighted by Crippen LogP contribution is -2.39. The van der Waals surface area contributed by atoms with E-state index in [2.05, 4.69) is 12.2 Å². The Morgan fingerprint density at radius 3 is 2.80 bits per heavy atom. The van der Waals surface area contributed by atoms with Gasteiger partial charge in [0.05, 0.1) is 0 Å². The quantitative estimate of drug-likeness (QED) is 0.835. The molecular formula is C12H15ClFN. The summed E-state index contributed by atoms with van der Waals surface area (Å²) in [5.41, 5.74) is 0.582. The lowest BCUT2D eigenvalue weighted by molar-refractivity contribution is 0.239. The van der Waals surface area contributed by atoms with Crippen molar-refractivity contribution in [3.63, 3.8) is 0 Å². The molecule has 0 aliphatic heterocycles. The van der Waals surface area contributed by atoms with Gasteiger partial charge in [-0.05, 0) is 30.9 Å². The van der Waals surface area contributed by atoms with Crippen molar-refractivity contribution in [3.05, 3.63) is 34.6 Å². The smallest absolute Gasteiger partial charge is 0.129 e. The fourth-order valence-electron chi connectivity index (χ4n) is 2.02. The summed E-state index contributed by atoms with van der Waals surface area (Å²) in [6.07, 6.45) is 2.37. The number of rotatable bonds is 3. The molecule has 1 N–H and O–H groups in total. The number of nitrogens with one attached hydrogen (secondary N) is 1. The highest BCUT2D eigenvalue weighted by molar-refractivity contribution is 6.31. The average Bonchev–Trinajstić information content (AvgIpc) is 2.14. The Morgan fingerprint density at radius 1 is 1.47 bits per heavy atom. The molecule has 1 nitrogen and oxygen atoms in total. The van der Waals surface area contributed by atoms with Crippen LogP contribution in [0.3, 0.4) is 0 Å². The fraction of sp³-hybridized carbons (Fsp3) is 0.500. The van der Waals surface area contributed by atoms with Crippen molar-refractivity contribution >= 4 is 11.6 Å². The van der Waals surface area contributed by atoms with Gasteiger partial charge in [-0.15, -0.1) is 0 Å². The minimum absolute atomic E-state index is 0.220. The van der Waals surface area contributed by atoms with Gasteiger partial charge in [0.25, 0.3) is 0 Å². The predicted molar refractivity (Wildman–Crippen MR) is 60.4 cm³/mol. The average molecular weight is 228 g/mol. The molecular weight excluding hydrogens is 213 g/mol. The van der Waals surface area contributed by atoms with E-state index < -0.39 is 0 Å². The second kappa shape index (κ2) is 4.50. The van der Waals surface area contributed by atoms with Gasteiger partial charge in [-0.25, -0.2) is 4.39 Å². The summed E-state index contributed by atoms with van der Waals surface area (Å²) in [6, 6.07) is 5.35. The van der Waals surface area contributed by atoms with E-state index in [1.807, 2.05) is 0 Å². The second-order valence-corrected chi connectivity index (χ2v) is 4.76. The van der Waals surface area contributed by atoms with Crippen molar-refractivity contribution in [2.24, 2.45) is 5.92 Å². The highest BCUT2D eigenvalue weighted by atomic mass is 35.5. The van der Waals surface area contributed by atoms with Gasteiger partial charge in [0, 0.05) is 23.2 Å². The first-order chi connectivity index (χ1) is 7.16. The molecule has 0 unspecified atom stereocenters. The van der Waals surface area contributed by atoms with Gasteiger partial charge in [-0.1, -0.05) is 24.6 Å². The summed E-state index contributed by atoms with van der Waals surface area (Å²) in [5.74, 6) is 0.584. The minimum Gasteiger partial charge on any atom is -0.310 e. The SMILES string of the molecule is CC1CC(NCc2c(F)cccc2Cl)C1. The number of hydrogen-bond donors (Lipinski definition) is 1. The molecule has 15 heavy (non-hydrogen) atoms. The van der Waals surface area contributed by atoms with Crippen molar-refractivity contribution in [3.8, 4) is 0 Å². The molecule has 0 spiro atoms. The molecule has 3 heteroatoms. The third kappa shape index (κ3) is 2.50. The Hall–Kier alpha value is -0.600. The Labute approximate surface area is 94.6 Å². The highest BCUT2D eigenvalue weighted by Gasteiger charge is 2.24. The van der Waals surface area contributed by atoms with Crippen LogP contribution in [0.15, 0.2) is 18.2 Å². The summed E-state index contributed by atoms with van der Waals surface area (Å²) in [7, 11) is 0. The summed E-state index contributed by atoms with van der Waals surface area (Å²) in [4.78, 5) is 0. The molecule has 0 aromatic heterocycles. The normalized spacial score (nSPS) is 25.0. The van der Waals surface area contributed by atoms with Gasteiger partial charge in [-0.2, -0.15) is 0 Å². The van der Waals surface area contributed by atoms with E-state index >= 15 is 0 Å². The van der Waals surface area contributed by atoms with Crippen molar-refractivity contribution in [1.29, 1.82) is 0 Å².